The summed E-state index contributed by atoms with van der Waals surface area (Å²) < 4.78 is 5.57. The summed E-state index contributed by atoms with van der Waals surface area (Å²) in [5.41, 5.74) is -0.417. The minimum atomic E-state index is -0.417. The summed E-state index contributed by atoms with van der Waals surface area (Å²) in [6.45, 7) is 8.28. The summed E-state index contributed by atoms with van der Waals surface area (Å²) in [7, 11) is 0. The zero-order valence-corrected chi connectivity index (χ0v) is 8.12. The first-order valence-corrected chi connectivity index (χ1v) is 4.65. The Kier molecular flexibility index (Phi) is 1.74. The third-order valence-electron chi connectivity index (χ3n) is 3.00. The number of rotatable bonds is 1. The minimum absolute atomic E-state index is 0.192. The molecule has 0 saturated carbocycles. The quantitative estimate of drug-likeness (QED) is 0.568. The van der Waals surface area contributed by atoms with E-state index in [9.17, 15) is 4.79 Å². The van der Waals surface area contributed by atoms with Crippen LogP contribution in [0.4, 0.5) is 0 Å². The van der Waals surface area contributed by atoms with Crippen LogP contribution in [0.15, 0.2) is 12.7 Å². The molecule has 13 heavy (non-hydrogen) atoms. The second-order valence-corrected chi connectivity index (χ2v) is 4.19. The summed E-state index contributed by atoms with van der Waals surface area (Å²) in [4.78, 5) is 13.5. The fraction of sp³-hybridized carbons (Fsp3) is 0.700. The molecule has 2 rings (SSSR count). The van der Waals surface area contributed by atoms with Crippen molar-refractivity contribution in [3.05, 3.63) is 12.7 Å². The second-order valence-electron chi connectivity index (χ2n) is 4.19. The van der Waals surface area contributed by atoms with Crippen LogP contribution in [-0.2, 0) is 9.53 Å². The maximum absolute atomic E-state index is 11.6. The van der Waals surface area contributed by atoms with Gasteiger partial charge in [0.15, 0.2) is 0 Å². The fourth-order valence-electron chi connectivity index (χ4n) is 2.31. The molecule has 3 heteroatoms. The summed E-state index contributed by atoms with van der Waals surface area (Å²) in [5.74, 6) is 0.465. The van der Waals surface area contributed by atoms with Crippen molar-refractivity contribution in [3.63, 3.8) is 0 Å². The summed E-state index contributed by atoms with van der Waals surface area (Å²) in [6.07, 6.45) is 2.47. The summed E-state index contributed by atoms with van der Waals surface area (Å²) in [6, 6.07) is 0.222. The third-order valence-corrected chi connectivity index (χ3v) is 3.00. The standard InChI is InChI=1S/C10H15NO2/c1-4-7-5-9(12)11-8(7)6-13-10(11,2)3/h4,7-8H,1,5-6H2,2-3H3/t7-,8-/m1/s1. The first kappa shape index (κ1) is 8.75. The van der Waals surface area contributed by atoms with Crippen molar-refractivity contribution < 1.29 is 9.53 Å². The van der Waals surface area contributed by atoms with Gasteiger partial charge >= 0.3 is 0 Å². The van der Waals surface area contributed by atoms with E-state index < -0.39 is 5.72 Å². The summed E-state index contributed by atoms with van der Waals surface area (Å²) in [5, 5.41) is 0. The van der Waals surface area contributed by atoms with Gasteiger partial charge in [-0.1, -0.05) is 6.08 Å². The van der Waals surface area contributed by atoms with Crippen molar-refractivity contribution in [1.29, 1.82) is 0 Å². The number of hydrogen-bond donors (Lipinski definition) is 0. The van der Waals surface area contributed by atoms with E-state index in [0.717, 1.165) is 0 Å². The molecule has 0 radical (unpaired) electrons. The number of hydrogen-bond acceptors (Lipinski definition) is 2. The molecular formula is C10H15NO2. The largest absolute Gasteiger partial charge is 0.354 e. The Labute approximate surface area is 78.4 Å². The van der Waals surface area contributed by atoms with Crippen LogP contribution in [0.25, 0.3) is 0 Å². The lowest BCUT2D eigenvalue weighted by Gasteiger charge is -2.29. The Morgan fingerprint density at radius 1 is 1.69 bits per heavy atom. The average molecular weight is 181 g/mol. The number of nitrogens with zero attached hydrogens (tertiary/aromatic N) is 1. The molecule has 0 aromatic carbocycles. The maximum Gasteiger partial charge on any atom is 0.225 e. The Morgan fingerprint density at radius 3 is 3.00 bits per heavy atom. The van der Waals surface area contributed by atoms with E-state index in [-0.39, 0.29) is 17.9 Å². The van der Waals surface area contributed by atoms with Gasteiger partial charge in [0.2, 0.25) is 5.91 Å². The van der Waals surface area contributed by atoms with E-state index in [1.54, 1.807) is 0 Å². The molecule has 72 valence electrons. The van der Waals surface area contributed by atoms with Crippen LogP contribution in [0.5, 0.6) is 0 Å². The van der Waals surface area contributed by atoms with Crippen LogP contribution in [0, 0.1) is 5.92 Å². The van der Waals surface area contributed by atoms with Gasteiger partial charge in [0.05, 0.1) is 12.6 Å². The minimum Gasteiger partial charge on any atom is -0.354 e. The van der Waals surface area contributed by atoms with E-state index in [1.807, 2.05) is 24.8 Å². The Balaban J connectivity index is 2.29. The molecule has 0 aliphatic carbocycles. The smallest absolute Gasteiger partial charge is 0.225 e. The molecule has 2 fully saturated rings. The monoisotopic (exact) mass is 181 g/mol. The number of ether oxygens (including phenoxy) is 1. The van der Waals surface area contributed by atoms with Gasteiger partial charge in [0.1, 0.15) is 5.72 Å². The molecule has 0 spiro atoms. The van der Waals surface area contributed by atoms with Gasteiger partial charge in [-0.15, -0.1) is 6.58 Å². The molecule has 0 aromatic heterocycles. The Morgan fingerprint density at radius 2 is 2.38 bits per heavy atom. The van der Waals surface area contributed by atoms with Gasteiger partial charge in [-0.2, -0.15) is 0 Å². The lowest BCUT2D eigenvalue weighted by Crippen LogP contribution is -2.43. The highest BCUT2D eigenvalue weighted by Gasteiger charge is 2.50. The lowest BCUT2D eigenvalue weighted by atomic mass is 10.0. The first-order chi connectivity index (χ1) is 6.06. The van der Waals surface area contributed by atoms with Crippen LogP contribution < -0.4 is 0 Å². The van der Waals surface area contributed by atoms with Crippen LogP contribution in [0.3, 0.4) is 0 Å². The maximum atomic E-state index is 11.6. The van der Waals surface area contributed by atoms with Gasteiger partial charge in [-0.05, 0) is 13.8 Å². The number of amides is 1. The highest BCUT2D eigenvalue weighted by Crippen LogP contribution is 2.38. The molecule has 2 heterocycles. The first-order valence-electron chi connectivity index (χ1n) is 4.65. The highest BCUT2D eigenvalue weighted by atomic mass is 16.5. The van der Waals surface area contributed by atoms with Crippen LogP contribution in [0.1, 0.15) is 20.3 Å². The predicted molar refractivity (Wildman–Crippen MR) is 49.0 cm³/mol. The van der Waals surface area contributed by atoms with Crippen molar-refractivity contribution in [1.82, 2.24) is 4.90 Å². The van der Waals surface area contributed by atoms with Gasteiger partial charge in [-0.25, -0.2) is 0 Å². The molecule has 2 aliphatic heterocycles. The van der Waals surface area contributed by atoms with E-state index >= 15 is 0 Å². The molecule has 2 atom stereocenters. The molecule has 3 nitrogen and oxygen atoms in total. The van der Waals surface area contributed by atoms with Gasteiger partial charge in [0, 0.05) is 12.3 Å². The van der Waals surface area contributed by atoms with Gasteiger partial charge in [-0.3, -0.25) is 4.79 Å². The van der Waals surface area contributed by atoms with Crippen LogP contribution in [0.2, 0.25) is 0 Å². The topological polar surface area (TPSA) is 29.5 Å². The zero-order chi connectivity index (χ0) is 9.64. The van der Waals surface area contributed by atoms with E-state index in [1.165, 1.54) is 0 Å². The molecule has 2 aliphatic rings. The summed E-state index contributed by atoms with van der Waals surface area (Å²) >= 11 is 0. The molecule has 0 unspecified atom stereocenters. The van der Waals surface area contributed by atoms with Crippen molar-refractivity contribution in [3.8, 4) is 0 Å². The van der Waals surface area contributed by atoms with Crippen molar-refractivity contribution in [2.24, 2.45) is 5.92 Å². The molecule has 2 saturated heterocycles. The van der Waals surface area contributed by atoms with Gasteiger partial charge in [0.25, 0.3) is 0 Å². The molecule has 0 aromatic rings. The number of carbonyl (C=O) groups is 1. The predicted octanol–water partition coefficient (Wildman–Crippen LogP) is 1.16. The number of carbonyl (C=O) groups excluding carboxylic acids is 1. The average Bonchev–Trinajstić information content (AvgIpc) is 2.53. The van der Waals surface area contributed by atoms with Crippen molar-refractivity contribution in [2.45, 2.75) is 32.0 Å². The van der Waals surface area contributed by atoms with Crippen LogP contribution >= 0.6 is 0 Å². The van der Waals surface area contributed by atoms with Crippen LogP contribution in [-0.4, -0.2) is 29.2 Å². The van der Waals surface area contributed by atoms with Crippen molar-refractivity contribution >= 4 is 5.91 Å². The lowest BCUT2D eigenvalue weighted by molar-refractivity contribution is -0.141. The Bertz CT molecular complexity index is 260. The normalized spacial score (nSPS) is 36.5. The van der Waals surface area contributed by atoms with Crippen molar-refractivity contribution in [2.75, 3.05) is 6.61 Å². The second kappa shape index (κ2) is 2.58. The Hall–Kier alpha value is -0.830. The van der Waals surface area contributed by atoms with Gasteiger partial charge < -0.3 is 9.64 Å². The SMILES string of the molecule is C=C[C@@H]1CC(=O)N2[C@@H]1COC2(C)C. The zero-order valence-electron chi connectivity index (χ0n) is 8.12. The molecule has 0 bridgehead atoms. The third kappa shape index (κ3) is 1.10. The van der Waals surface area contributed by atoms with E-state index in [2.05, 4.69) is 6.58 Å². The molecule has 0 N–H and O–H groups in total. The van der Waals surface area contributed by atoms with E-state index in [0.29, 0.717) is 13.0 Å². The number of fused-ring (bicyclic) bond motifs is 1. The molecular weight excluding hydrogens is 166 g/mol. The molecule has 1 amide bonds. The van der Waals surface area contributed by atoms with E-state index in [4.69, 9.17) is 4.74 Å². The fourth-order valence-corrected chi connectivity index (χ4v) is 2.31. The highest BCUT2D eigenvalue weighted by molar-refractivity contribution is 5.80.